The summed E-state index contributed by atoms with van der Waals surface area (Å²) in [6.45, 7) is 10.5. The SMILES string of the molecule is CC(Oc1cccc(CCBr)c1)C(C)(O[Si])C(C)(C)C. The molecular weight excluding hydrogens is 332 g/mol. The van der Waals surface area contributed by atoms with Crippen LogP contribution in [0.3, 0.4) is 0 Å². The number of ether oxygens (including phenoxy) is 1. The van der Waals surface area contributed by atoms with Crippen molar-refractivity contribution in [2.24, 2.45) is 5.41 Å². The Hall–Kier alpha value is -0.323. The first kappa shape index (κ1) is 17.7. The van der Waals surface area contributed by atoms with Crippen molar-refractivity contribution < 1.29 is 9.16 Å². The molecule has 0 aromatic heterocycles. The molecule has 0 heterocycles. The fourth-order valence-corrected chi connectivity index (χ4v) is 2.98. The molecule has 2 nitrogen and oxygen atoms in total. The molecule has 1 aromatic carbocycles. The fourth-order valence-electron chi connectivity index (χ4n) is 2.05. The van der Waals surface area contributed by atoms with Crippen LogP contribution in [0.1, 0.15) is 40.2 Å². The van der Waals surface area contributed by atoms with E-state index in [2.05, 4.69) is 66.2 Å². The lowest BCUT2D eigenvalue weighted by molar-refractivity contribution is -0.0876. The van der Waals surface area contributed by atoms with E-state index in [0.29, 0.717) is 0 Å². The van der Waals surface area contributed by atoms with E-state index in [4.69, 9.17) is 9.16 Å². The zero-order valence-corrected chi connectivity index (χ0v) is 15.6. The van der Waals surface area contributed by atoms with Crippen molar-refractivity contribution in [2.75, 3.05) is 5.33 Å². The quantitative estimate of drug-likeness (QED) is 0.559. The van der Waals surface area contributed by atoms with Gasteiger partial charge in [0.25, 0.3) is 0 Å². The van der Waals surface area contributed by atoms with Crippen molar-refractivity contribution in [3.8, 4) is 5.75 Å². The molecule has 1 aromatic rings. The van der Waals surface area contributed by atoms with Crippen molar-refractivity contribution >= 4 is 26.4 Å². The molecule has 0 N–H and O–H groups in total. The first-order valence-corrected chi connectivity index (χ1v) is 8.44. The molecule has 0 spiro atoms. The Morgan fingerprint density at radius 2 is 1.90 bits per heavy atom. The van der Waals surface area contributed by atoms with Crippen LogP contribution in [0.2, 0.25) is 0 Å². The lowest BCUT2D eigenvalue weighted by Gasteiger charge is -2.45. The molecule has 4 heteroatoms. The van der Waals surface area contributed by atoms with Gasteiger partial charge in [-0.3, -0.25) is 0 Å². The first-order chi connectivity index (χ1) is 9.24. The second-order valence-corrected chi connectivity index (χ2v) is 7.30. The van der Waals surface area contributed by atoms with Gasteiger partial charge >= 0.3 is 0 Å². The predicted molar refractivity (Wildman–Crippen MR) is 88.7 cm³/mol. The summed E-state index contributed by atoms with van der Waals surface area (Å²) in [6, 6.07) is 8.23. The number of aryl methyl sites for hydroxylation is 1. The molecule has 111 valence electrons. The van der Waals surface area contributed by atoms with Crippen molar-refractivity contribution in [3.63, 3.8) is 0 Å². The van der Waals surface area contributed by atoms with Crippen LogP contribution in [0.15, 0.2) is 24.3 Å². The molecule has 1 rings (SSSR count). The molecule has 0 amide bonds. The van der Waals surface area contributed by atoms with Gasteiger partial charge in [-0.2, -0.15) is 0 Å². The Morgan fingerprint density at radius 3 is 2.40 bits per heavy atom. The average Bonchev–Trinajstić information content (AvgIpc) is 2.37. The molecule has 0 aliphatic carbocycles. The Bertz CT molecular complexity index is 431. The van der Waals surface area contributed by atoms with Gasteiger partial charge in [0.2, 0.25) is 10.5 Å². The molecule has 2 atom stereocenters. The summed E-state index contributed by atoms with van der Waals surface area (Å²) in [7, 11) is 3.23. The van der Waals surface area contributed by atoms with Gasteiger partial charge in [0.05, 0.1) is 5.60 Å². The summed E-state index contributed by atoms with van der Waals surface area (Å²) in [4.78, 5) is 0. The topological polar surface area (TPSA) is 18.5 Å². The van der Waals surface area contributed by atoms with E-state index in [9.17, 15) is 0 Å². The van der Waals surface area contributed by atoms with Gasteiger partial charge in [-0.05, 0) is 43.4 Å². The number of rotatable bonds is 6. The number of halogens is 1. The maximum absolute atomic E-state index is 6.11. The summed E-state index contributed by atoms with van der Waals surface area (Å²) in [5, 5.41) is 0.954. The third-order valence-corrected chi connectivity index (χ3v) is 4.89. The van der Waals surface area contributed by atoms with E-state index in [1.165, 1.54) is 5.56 Å². The van der Waals surface area contributed by atoms with Crippen molar-refractivity contribution in [1.82, 2.24) is 0 Å². The Morgan fingerprint density at radius 1 is 1.25 bits per heavy atom. The third-order valence-electron chi connectivity index (χ3n) is 4.07. The van der Waals surface area contributed by atoms with Crippen molar-refractivity contribution in [2.45, 2.75) is 52.7 Å². The van der Waals surface area contributed by atoms with E-state index < -0.39 is 5.60 Å². The van der Waals surface area contributed by atoms with E-state index >= 15 is 0 Å². The van der Waals surface area contributed by atoms with E-state index in [-0.39, 0.29) is 11.5 Å². The summed E-state index contributed by atoms with van der Waals surface area (Å²) >= 11 is 3.46. The smallest absolute Gasteiger partial charge is 0.247 e. The lowest BCUT2D eigenvalue weighted by atomic mass is 9.74. The fraction of sp³-hybridized carbons (Fsp3) is 0.625. The maximum Gasteiger partial charge on any atom is 0.247 e. The Kier molecular flexibility index (Phi) is 6.29. The van der Waals surface area contributed by atoms with Crippen LogP contribution in [0.25, 0.3) is 0 Å². The summed E-state index contributed by atoms with van der Waals surface area (Å²) in [5.74, 6) is 0.884. The normalized spacial score (nSPS) is 16.6. The van der Waals surface area contributed by atoms with Crippen LogP contribution in [-0.2, 0) is 10.8 Å². The zero-order valence-electron chi connectivity index (χ0n) is 13.0. The minimum atomic E-state index is -0.435. The van der Waals surface area contributed by atoms with Crippen molar-refractivity contribution in [3.05, 3.63) is 29.8 Å². The highest BCUT2D eigenvalue weighted by Crippen LogP contribution is 2.37. The number of hydrogen-bond acceptors (Lipinski definition) is 2. The van der Waals surface area contributed by atoms with E-state index in [1.54, 1.807) is 0 Å². The van der Waals surface area contributed by atoms with E-state index in [0.717, 1.165) is 17.5 Å². The minimum Gasteiger partial charge on any atom is -0.488 e. The Balaban J connectivity index is 2.89. The largest absolute Gasteiger partial charge is 0.488 e. The van der Waals surface area contributed by atoms with Crippen LogP contribution in [0.5, 0.6) is 5.75 Å². The molecule has 20 heavy (non-hydrogen) atoms. The van der Waals surface area contributed by atoms with Gasteiger partial charge in [0.15, 0.2) is 0 Å². The molecule has 0 fully saturated rings. The molecule has 3 radical (unpaired) electrons. The molecule has 0 saturated heterocycles. The van der Waals surface area contributed by atoms with Gasteiger partial charge in [-0.15, -0.1) is 0 Å². The van der Waals surface area contributed by atoms with Gasteiger partial charge in [0, 0.05) is 5.33 Å². The van der Waals surface area contributed by atoms with E-state index in [1.807, 2.05) is 19.1 Å². The standard InChI is InChI=1S/C16H24BrO2Si/c1-12(16(5,19-20)15(2,3)4)18-14-8-6-7-13(11-14)9-10-17/h6-8,11-12H,9-10H2,1-5H3. The van der Waals surface area contributed by atoms with Gasteiger partial charge in [-0.25, -0.2) is 0 Å². The van der Waals surface area contributed by atoms with Crippen LogP contribution in [0, 0.1) is 5.41 Å². The van der Waals surface area contributed by atoms with Gasteiger partial charge in [-0.1, -0.05) is 48.8 Å². The molecule has 2 unspecified atom stereocenters. The molecule has 0 saturated carbocycles. The lowest BCUT2D eigenvalue weighted by Crippen LogP contribution is -2.53. The monoisotopic (exact) mass is 355 g/mol. The molecule has 0 bridgehead atoms. The Labute approximate surface area is 134 Å². The third kappa shape index (κ3) is 4.09. The number of alkyl halides is 1. The van der Waals surface area contributed by atoms with Crippen LogP contribution >= 0.6 is 15.9 Å². The predicted octanol–water partition coefficient (Wildman–Crippen LogP) is 4.30. The second kappa shape index (κ2) is 7.10. The highest BCUT2D eigenvalue weighted by molar-refractivity contribution is 9.09. The first-order valence-electron chi connectivity index (χ1n) is 6.91. The summed E-state index contributed by atoms with van der Waals surface area (Å²) < 4.78 is 11.7. The molecule has 0 aliphatic rings. The van der Waals surface area contributed by atoms with Crippen LogP contribution in [-0.4, -0.2) is 27.5 Å². The summed E-state index contributed by atoms with van der Waals surface area (Å²) in [6.07, 6.45) is 0.913. The zero-order chi connectivity index (χ0) is 15.4. The second-order valence-electron chi connectivity index (χ2n) is 6.31. The average molecular weight is 356 g/mol. The highest BCUT2D eigenvalue weighted by atomic mass is 79.9. The van der Waals surface area contributed by atoms with Gasteiger partial charge in [0.1, 0.15) is 11.9 Å². The van der Waals surface area contributed by atoms with Gasteiger partial charge < -0.3 is 9.16 Å². The molecular formula is C16H24BrO2Si. The number of benzene rings is 1. The highest BCUT2D eigenvalue weighted by Gasteiger charge is 2.43. The van der Waals surface area contributed by atoms with Crippen LogP contribution < -0.4 is 4.74 Å². The number of hydrogen-bond donors (Lipinski definition) is 0. The maximum atomic E-state index is 6.11. The minimum absolute atomic E-state index is 0.0539. The van der Waals surface area contributed by atoms with Crippen molar-refractivity contribution in [1.29, 1.82) is 0 Å². The molecule has 0 aliphatic heterocycles. The summed E-state index contributed by atoms with van der Waals surface area (Å²) in [5.41, 5.74) is 0.778. The van der Waals surface area contributed by atoms with Crippen LogP contribution in [0.4, 0.5) is 0 Å².